The summed E-state index contributed by atoms with van der Waals surface area (Å²) in [6.07, 6.45) is 0.310. The minimum absolute atomic E-state index is 0.0300. The van der Waals surface area contributed by atoms with Gasteiger partial charge >= 0.3 is 6.09 Å². The summed E-state index contributed by atoms with van der Waals surface area (Å²) in [4.78, 5) is 29.1. The molecule has 1 aromatic heterocycles. The summed E-state index contributed by atoms with van der Waals surface area (Å²) < 4.78 is 37.0. The quantitative estimate of drug-likeness (QED) is 0.691. The third kappa shape index (κ3) is 3.82. The lowest BCUT2D eigenvalue weighted by atomic mass is 10.1. The van der Waals surface area contributed by atoms with Gasteiger partial charge in [-0.25, -0.2) is 9.78 Å². The van der Waals surface area contributed by atoms with Crippen LogP contribution >= 0.6 is 0 Å². The second-order valence-electron chi connectivity index (χ2n) is 5.55. The Labute approximate surface area is 138 Å². The number of cyclic esters (lactones) is 1. The van der Waals surface area contributed by atoms with E-state index in [4.69, 9.17) is 9.47 Å². The fraction of sp³-hybridized carbons (Fsp3) is 0.500. The molecule has 1 atom stereocenters. The van der Waals surface area contributed by atoms with Crippen molar-refractivity contribution in [3.8, 4) is 5.75 Å². The van der Waals surface area contributed by atoms with Gasteiger partial charge in [0.2, 0.25) is 0 Å². The van der Waals surface area contributed by atoms with Crippen LogP contribution in [0.5, 0.6) is 5.75 Å². The van der Waals surface area contributed by atoms with Crippen LogP contribution in [0.15, 0.2) is 12.1 Å². The largest absolute Gasteiger partial charge is 0.484 e. The summed E-state index contributed by atoms with van der Waals surface area (Å²) in [5.41, 5.74) is 0.486. The van der Waals surface area contributed by atoms with Gasteiger partial charge in [-0.05, 0) is 12.1 Å². The number of Topliss-reactive ketones (excluding diaryl/α,β-unsaturated/α-hetero) is 1. The molecule has 1 unspecified atom stereocenters. The maximum Gasteiger partial charge on any atom is 0.415 e. The van der Waals surface area contributed by atoms with Gasteiger partial charge in [-0.15, -0.1) is 0 Å². The van der Waals surface area contributed by atoms with Crippen LogP contribution in [0.3, 0.4) is 0 Å². The number of fused-ring (bicyclic) bond motifs is 1. The first-order chi connectivity index (χ1) is 11.3. The molecule has 0 aliphatic carbocycles. The van der Waals surface area contributed by atoms with Gasteiger partial charge in [-0.3, -0.25) is 13.9 Å². The number of pyridine rings is 1. The molecule has 1 fully saturated rings. The first-order valence-corrected chi connectivity index (χ1v) is 9.10. The Hall–Kier alpha value is -2.20. The van der Waals surface area contributed by atoms with E-state index in [1.54, 1.807) is 12.1 Å². The number of amides is 1. The van der Waals surface area contributed by atoms with Gasteiger partial charge in [0.25, 0.3) is 10.1 Å². The Morgan fingerprint density at radius 2 is 2.17 bits per heavy atom. The topological polar surface area (TPSA) is 112 Å². The maximum absolute atomic E-state index is 12.0. The van der Waals surface area contributed by atoms with Crippen LogP contribution in [0.25, 0.3) is 0 Å². The van der Waals surface area contributed by atoms with Crippen molar-refractivity contribution in [1.82, 2.24) is 4.98 Å². The van der Waals surface area contributed by atoms with E-state index in [0.29, 0.717) is 17.3 Å². The molecule has 0 N–H and O–H groups in total. The molecule has 0 bridgehead atoms. The Bertz CT molecular complexity index is 777. The van der Waals surface area contributed by atoms with Gasteiger partial charge in [-0.2, -0.15) is 8.42 Å². The summed E-state index contributed by atoms with van der Waals surface area (Å²) in [6.45, 7) is 0.194. The summed E-state index contributed by atoms with van der Waals surface area (Å²) in [5.74, 6) is 0.819. The fourth-order valence-electron chi connectivity index (χ4n) is 2.47. The average Bonchev–Trinajstić information content (AvgIpc) is 2.86. The van der Waals surface area contributed by atoms with E-state index in [0.717, 1.165) is 6.26 Å². The molecular weight excluding hydrogens is 340 g/mol. The van der Waals surface area contributed by atoms with E-state index in [2.05, 4.69) is 9.17 Å². The van der Waals surface area contributed by atoms with Crippen LogP contribution in [0.4, 0.5) is 10.6 Å². The van der Waals surface area contributed by atoms with Crippen molar-refractivity contribution in [2.45, 2.75) is 18.9 Å². The second-order valence-corrected chi connectivity index (χ2v) is 7.19. The van der Waals surface area contributed by atoms with Crippen LogP contribution in [-0.2, 0) is 30.3 Å². The number of ketones is 1. The van der Waals surface area contributed by atoms with Crippen LogP contribution < -0.4 is 9.64 Å². The first kappa shape index (κ1) is 16.7. The molecule has 10 heteroatoms. The molecule has 24 heavy (non-hydrogen) atoms. The average molecular weight is 356 g/mol. The number of hydrogen-bond acceptors (Lipinski definition) is 8. The van der Waals surface area contributed by atoms with E-state index in [1.165, 1.54) is 4.90 Å². The van der Waals surface area contributed by atoms with Gasteiger partial charge in [0, 0.05) is 6.42 Å². The minimum Gasteiger partial charge on any atom is -0.484 e. The number of anilines is 1. The summed E-state index contributed by atoms with van der Waals surface area (Å²) in [6, 6.07) is 3.28. The summed E-state index contributed by atoms with van der Waals surface area (Å²) in [5, 5.41) is 0. The molecule has 9 nitrogen and oxygen atoms in total. The number of carbonyl (C=O) groups is 2. The summed E-state index contributed by atoms with van der Waals surface area (Å²) >= 11 is 0. The van der Waals surface area contributed by atoms with Gasteiger partial charge in [0.1, 0.15) is 24.3 Å². The van der Waals surface area contributed by atoms with E-state index in [-0.39, 0.29) is 38.4 Å². The minimum atomic E-state index is -3.52. The zero-order valence-electron chi connectivity index (χ0n) is 12.9. The zero-order chi connectivity index (χ0) is 17.3. The van der Waals surface area contributed by atoms with E-state index in [9.17, 15) is 18.0 Å². The summed E-state index contributed by atoms with van der Waals surface area (Å²) in [7, 11) is -3.52. The van der Waals surface area contributed by atoms with Crippen LogP contribution in [0.2, 0.25) is 0 Å². The molecule has 0 spiro atoms. The lowest BCUT2D eigenvalue weighted by Crippen LogP contribution is -2.27. The van der Waals surface area contributed by atoms with Crippen molar-refractivity contribution >= 4 is 27.8 Å². The lowest BCUT2D eigenvalue weighted by Gasteiger charge is -2.18. The Morgan fingerprint density at radius 1 is 1.38 bits per heavy atom. The van der Waals surface area contributed by atoms with Gasteiger partial charge < -0.3 is 9.47 Å². The van der Waals surface area contributed by atoms with Crippen molar-refractivity contribution < 1.29 is 31.7 Å². The highest BCUT2D eigenvalue weighted by Crippen LogP contribution is 2.27. The predicted octanol–water partition coefficient (Wildman–Crippen LogP) is 0.277. The second kappa shape index (κ2) is 6.36. The van der Waals surface area contributed by atoms with Crippen LogP contribution in [-0.4, -0.2) is 57.4 Å². The molecule has 3 heterocycles. The van der Waals surface area contributed by atoms with Gasteiger partial charge in [0.15, 0.2) is 5.78 Å². The highest BCUT2D eigenvalue weighted by molar-refractivity contribution is 7.85. The Balaban J connectivity index is 1.66. The number of hydrogen-bond donors (Lipinski definition) is 0. The van der Waals surface area contributed by atoms with Gasteiger partial charge in [-0.1, -0.05) is 0 Å². The van der Waals surface area contributed by atoms with E-state index in [1.807, 2.05) is 0 Å². The molecule has 0 radical (unpaired) electrons. The van der Waals surface area contributed by atoms with E-state index >= 15 is 0 Å². The molecule has 1 aromatic rings. The number of nitrogens with zero attached hydrogens (tertiary/aromatic N) is 2. The fourth-order valence-corrected chi connectivity index (χ4v) is 2.87. The van der Waals surface area contributed by atoms with Crippen molar-refractivity contribution in [1.29, 1.82) is 0 Å². The Kier molecular flexibility index (Phi) is 4.41. The number of carbonyl (C=O) groups excluding carboxylic acids is 2. The molecule has 0 aromatic carbocycles. The van der Waals surface area contributed by atoms with Crippen LogP contribution in [0.1, 0.15) is 12.1 Å². The number of ether oxygens (including phenoxy) is 2. The third-order valence-corrected chi connectivity index (χ3v) is 4.15. The van der Waals surface area contributed by atoms with Crippen LogP contribution in [0, 0.1) is 0 Å². The van der Waals surface area contributed by atoms with Crippen molar-refractivity contribution in [3.05, 3.63) is 17.8 Å². The van der Waals surface area contributed by atoms with Crippen molar-refractivity contribution in [3.63, 3.8) is 0 Å². The highest BCUT2D eigenvalue weighted by Gasteiger charge is 2.34. The number of aromatic nitrogens is 1. The smallest absolute Gasteiger partial charge is 0.415 e. The van der Waals surface area contributed by atoms with Crippen molar-refractivity contribution in [2.24, 2.45) is 0 Å². The van der Waals surface area contributed by atoms with Crippen molar-refractivity contribution in [2.75, 3.05) is 30.9 Å². The monoisotopic (exact) mass is 356 g/mol. The molecule has 1 amide bonds. The number of rotatable bonds is 5. The normalized spacial score (nSPS) is 20.5. The molecule has 0 saturated carbocycles. The lowest BCUT2D eigenvalue weighted by molar-refractivity contribution is -0.121. The Morgan fingerprint density at radius 3 is 2.92 bits per heavy atom. The zero-order valence-corrected chi connectivity index (χ0v) is 13.7. The molecular formula is C14H16N2O7S. The molecule has 3 rings (SSSR count). The molecule has 2 aliphatic heterocycles. The first-order valence-electron chi connectivity index (χ1n) is 7.29. The standard InChI is InChI=1S/C14H16N2O7S/c1-24(19,20)22-5-4-10-7-16(14(18)23-10)13-3-2-12-11(15-13)6-9(17)8-21-12/h2-3,10H,4-8H2,1H3. The SMILES string of the molecule is CS(=O)(=O)OCCC1CN(c2ccc3c(n2)CC(=O)CO3)C(=O)O1. The predicted molar refractivity (Wildman–Crippen MR) is 81.5 cm³/mol. The third-order valence-electron chi connectivity index (χ3n) is 3.56. The van der Waals surface area contributed by atoms with Gasteiger partial charge in [0.05, 0.1) is 31.5 Å². The van der Waals surface area contributed by atoms with E-state index < -0.39 is 22.3 Å². The molecule has 1 saturated heterocycles. The highest BCUT2D eigenvalue weighted by atomic mass is 32.2. The molecule has 130 valence electrons. The molecule has 2 aliphatic rings. The maximum atomic E-state index is 12.0.